The van der Waals surface area contributed by atoms with Gasteiger partial charge in [-0.2, -0.15) is 0 Å². The number of benzene rings is 1. The predicted molar refractivity (Wildman–Crippen MR) is 130 cm³/mol. The first-order valence-electron chi connectivity index (χ1n) is 11.3. The summed E-state index contributed by atoms with van der Waals surface area (Å²) in [5, 5.41) is 21.4. The van der Waals surface area contributed by atoms with Crippen molar-refractivity contribution in [1.82, 2.24) is 21.3 Å². The number of nitrogens with one attached hydrogen (secondary N) is 4. The fourth-order valence-corrected chi connectivity index (χ4v) is 4.41. The molecule has 0 saturated heterocycles. The molecule has 1 aromatic heterocycles. The lowest BCUT2D eigenvalue weighted by molar-refractivity contribution is -0.141. The Hall–Kier alpha value is -3.93. The van der Waals surface area contributed by atoms with Gasteiger partial charge in [-0.3, -0.25) is 19.2 Å². The Kier molecular flexibility index (Phi) is 9.01. The van der Waals surface area contributed by atoms with Gasteiger partial charge in [0.1, 0.15) is 23.9 Å². The van der Waals surface area contributed by atoms with Gasteiger partial charge in [0, 0.05) is 17.2 Å². The standard InChI is InChI=1S/C24H28N4O7S/c1-13(18-4-3-9-36-18)21-23(32)26-14(2)22(31)25-11-19(29)27-17(24(33)34)10-15-5-7-16(8-6-15)35-12-20(30)28-21/h3-9,13-14,17,21H,10-12H2,1-2H3,(H,25,31)(H,26,32)(H,27,29)(H,28,30)(H,33,34). The van der Waals surface area contributed by atoms with Gasteiger partial charge in [0.05, 0.1) is 6.54 Å². The molecule has 0 saturated carbocycles. The van der Waals surface area contributed by atoms with Crippen molar-refractivity contribution in [3.8, 4) is 5.75 Å². The zero-order valence-corrected chi connectivity index (χ0v) is 20.6. The molecule has 0 spiro atoms. The minimum atomic E-state index is -1.23. The smallest absolute Gasteiger partial charge is 0.326 e. The van der Waals surface area contributed by atoms with Crippen molar-refractivity contribution in [2.75, 3.05) is 13.2 Å². The normalized spacial score (nSPS) is 23.0. The number of rotatable bonds is 3. The van der Waals surface area contributed by atoms with Crippen LogP contribution in [0.25, 0.3) is 0 Å². The molecular formula is C24H28N4O7S. The van der Waals surface area contributed by atoms with Crippen LogP contribution in [-0.4, -0.2) is 66.0 Å². The van der Waals surface area contributed by atoms with Gasteiger partial charge in [0.25, 0.3) is 5.91 Å². The Morgan fingerprint density at radius 2 is 1.75 bits per heavy atom. The fraction of sp³-hybridized carbons (Fsp3) is 0.375. The van der Waals surface area contributed by atoms with Crippen LogP contribution in [-0.2, 0) is 30.4 Å². The number of carbonyl (C=O) groups is 5. The average molecular weight is 517 g/mol. The Labute approximate surface area is 211 Å². The van der Waals surface area contributed by atoms with Gasteiger partial charge in [-0.1, -0.05) is 25.1 Å². The highest BCUT2D eigenvalue weighted by Crippen LogP contribution is 2.24. The summed E-state index contributed by atoms with van der Waals surface area (Å²) in [5.74, 6) is -3.69. The van der Waals surface area contributed by atoms with Crippen LogP contribution in [0.4, 0.5) is 0 Å². The van der Waals surface area contributed by atoms with Crippen LogP contribution < -0.4 is 26.0 Å². The number of aliphatic carboxylic acids is 1. The largest absolute Gasteiger partial charge is 0.484 e. The van der Waals surface area contributed by atoms with Gasteiger partial charge >= 0.3 is 5.97 Å². The molecule has 2 bridgehead atoms. The number of ether oxygens (including phenoxy) is 1. The molecule has 5 N–H and O–H groups in total. The van der Waals surface area contributed by atoms with Gasteiger partial charge in [-0.05, 0) is 36.1 Å². The first kappa shape index (κ1) is 26.7. The maximum Gasteiger partial charge on any atom is 0.326 e. The molecule has 4 amide bonds. The van der Waals surface area contributed by atoms with Crippen molar-refractivity contribution in [3.63, 3.8) is 0 Å². The third-order valence-electron chi connectivity index (χ3n) is 5.63. The van der Waals surface area contributed by atoms with Crippen molar-refractivity contribution in [2.24, 2.45) is 0 Å². The molecule has 4 rings (SSSR count). The van der Waals surface area contributed by atoms with E-state index in [2.05, 4.69) is 21.3 Å². The number of carboxylic acid groups (broad SMARTS) is 1. The van der Waals surface area contributed by atoms with Crippen molar-refractivity contribution in [1.29, 1.82) is 0 Å². The molecular weight excluding hydrogens is 488 g/mol. The van der Waals surface area contributed by atoms with E-state index in [1.165, 1.54) is 18.3 Å². The van der Waals surface area contributed by atoms with Gasteiger partial charge in [0.15, 0.2) is 6.61 Å². The summed E-state index contributed by atoms with van der Waals surface area (Å²) >= 11 is 1.43. The Morgan fingerprint density at radius 3 is 2.39 bits per heavy atom. The number of hydrogen-bond acceptors (Lipinski definition) is 7. The first-order chi connectivity index (χ1) is 17.1. The van der Waals surface area contributed by atoms with Crippen molar-refractivity contribution in [3.05, 3.63) is 52.2 Å². The van der Waals surface area contributed by atoms with E-state index >= 15 is 0 Å². The molecule has 2 aliphatic heterocycles. The van der Waals surface area contributed by atoms with E-state index in [9.17, 15) is 29.1 Å². The molecule has 192 valence electrons. The second-order valence-electron chi connectivity index (χ2n) is 8.39. The lowest BCUT2D eigenvalue weighted by Gasteiger charge is -2.25. The highest BCUT2D eigenvalue weighted by atomic mass is 32.1. The van der Waals surface area contributed by atoms with E-state index in [4.69, 9.17) is 4.74 Å². The molecule has 3 heterocycles. The van der Waals surface area contributed by atoms with Crippen LogP contribution in [0.15, 0.2) is 41.8 Å². The van der Waals surface area contributed by atoms with Crippen molar-refractivity contribution < 1.29 is 33.8 Å². The van der Waals surface area contributed by atoms with E-state index in [0.29, 0.717) is 11.3 Å². The summed E-state index contributed by atoms with van der Waals surface area (Å²) in [6, 6.07) is 6.87. The summed E-state index contributed by atoms with van der Waals surface area (Å²) in [6.45, 7) is 2.40. The van der Waals surface area contributed by atoms with Crippen LogP contribution >= 0.6 is 11.3 Å². The maximum atomic E-state index is 13.1. The van der Waals surface area contributed by atoms with Crippen molar-refractivity contribution in [2.45, 2.75) is 44.3 Å². The highest BCUT2D eigenvalue weighted by Gasteiger charge is 2.31. The summed E-state index contributed by atoms with van der Waals surface area (Å²) in [6.07, 6.45) is 0.00450. The molecule has 2 aromatic rings. The zero-order chi connectivity index (χ0) is 26.2. The topological polar surface area (TPSA) is 163 Å². The lowest BCUT2D eigenvalue weighted by Crippen LogP contribution is -2.55. The molecule has 2 aliphatic rings. The number of thiophene rings is 1. The van der Waals surface area contributed by atoms with Crippen LogP contribution in [0.5, 0.6) is 5.75 Å². The summed E-state index contributed by atoms with van der Waals surface area (Å²) in [4.78, 5) is 63.0. The van der Waals surface area contributed by atoms with Crippen LogP contribution in [0, 0.1) is 0 Å². The van der Waals surface area contributed by atoms with E-state index in [0.717, 1.165) is 4.88 Å². The average Bonchev–Trinajstić information content (AvgIpc) is 3.39. The molecule has 36 heavy (non-hydrogen) atoms. The molecule has 12 heteroatoms. The SMILES string of the molecule is CC1NC(=O)C(C(C)c2cccs2)NC(=O)COc2ccc(cc2)CC(C(=O)O)NC(=O)CNC1=O. The summed E-state index contributed by atoms with van der Waals surface area (Å²) in [5.41, 5.74) is 0.620. The van der Waals surface area contributed by atoms with Crippen LogP contribution in [0.3, 0.4) is 0 Å². The molecule has 4 atom stereocenters. The third kappa shape index (κ3) is 7.28. The van der Waals surface area contributed by atoms with E-state index < -0.39 is 60.2 Å². The zero-order valence-electron chi connectivity index (χ0n) is 19.8. The first-order valence-corrected chi connectivity index (χ1v) is 12.2. The van der Waals surface area contributed by atoms with Gasteiger partial charge in [0.2, 0.25) is 17.7 Å². The van der Waals surface area contributed by atoms with Crippen LogP contribution in [0.1, 0.15) is 30.2 Å². The maximum absolute atomic E-state index is 13.1. The molecule has 0 radical (unpaired) electrons. The molecule has 11 nitrogen and oxygen atoms in total. The number of fused-ring (bicyclic) bond motifs is 16. The molecule has 4 unspecified atom stereocenters. The second kappa shape index (κ2) is 12.2. The molecule has 1 aromatic carbocycles. The fourth-order valence-electron chi connectivity index (χ4n) is 3.59. The van der Waals surface area contributed by atoms with Crippen LogP contribution in [0.2, 0.25) is 0 Å². The summed E-state index contributed by atoms with van der Waals surface area (Å²) < 4.78 is 5.53. The van der Waals surface area contributed by atoms with Gasteiger partial charge in [-0.15, -0.1) is 11.3 Å². The number of amides is 4. The highest BCUT2D eigenvalue weighted by molar-refractivity contribution is 7.10. The van der Waals surface area contributed by atoms with Gasteiger partial charge in [-0.25, -0.2) is 4.79 Å². The number of hydrogen-bond donors (Lipinski definition) is 5. The minimum absolute atomic E-state index is 0.00450. The van der Waals surface area contributed by atoms with Gasteiger partial charge < -0.3 is 31.1 Å². The Bertz CT molecular complexity index is 1100. The summed E-state index contributed by atoms with van der Waals surface area (Å²) in [7, 11) is 0. The Morgan fingerprint density at radius 1 is 1.03 bits per heavy atom. The van der Waals surface area contributed by atoms with E-state index in [1.807, 2.05) is 17.5 Å². The number of carbonyl (C=O) groups excluding carboxylic acids is 4. The quantitative estimate of drug-likeness (QED) is 0.363. The molecule has 0 aliphatic carbocycles. The Balaban J connectivity index is 1.83. The predicted octanol–water partition coefficient (Wildman–Crippen LogP) is 0.162. The lowest BCUT2D eigenvalue weighted by atomic mass is 9.98. The van der Waals surface area contributed by atoms with E-state index in [1.54, 1.807) is 31.2 Å². The second-order valence-corrected chi connectivity index (χ2v) is 9.37. The van der Waals surface area contributed by atoms with E-state index in [-0.39, 0.29) is 13.0 Å². The van der Waals surface area contributed by atoms with Crippen molar-refractivity contribution >= 4 is 40.9 Å². The minimum Gasteiger partial charge on any atom is -0.484 e. The number of carboxylic acids is 1. The molecule has 0 fully saturated rings. The monoisotopic (exact) mass is 516 g/mol. The third-order valence-corrected chi connectivity index (χ3v) is 6.71.